The fraction of sp³-hybridized carbons (Fsp3) is 0.111. The van der Waals surface area contributed by atoms with Gasteiger partial charge in [-0.1, -0.05) is 18.2 Å². The molecule has 0 radical (unpaired) electrons. The number of rotatable bonds is 5. The van der Waals surface area contributed by atoms with Crippen LogP contribution in [-0.4, -0.2) is 35.1 Å². The van der Waals surface area contributed by atoms with Gasteiger partial charge in [0, 0.05) is 13.2 Å². The van der Waals surface area contributed by atoms with Crippen LogP contribution < -0.4 is 16.0 Å². The van der Waals surface area contributed by atoms with Crippen LogP contribution in [0.25, 0.3) is 0 Å². The lowest BCUT2D eigenvalue weighted by atomic mass is 10.1. The van der Waals surface area contributed by atoms with Crippen LogP contribution in [0.4, 0.5) is 28.8 Å². The average molecular weight is 350 g/mol. The number of methoxy groups -OCH3 is 1. The lowest BCUT2D eigenvalue weighted by Gasteiger charge is -2.22. The van der Waals surface area contributed by atoms with Crippen molar-refractivity contribution in [2.45, 2.75) is 0 Å². The molecule has 0 atom stereocenters. The molecule has 3 aromatic rings. The van der Waals surface area contributed by atoms with E-state index in [4.69, 9.17) is 10.5 Å². The maximum Gasteiger partial charge on any atom is 0.339 e. The molecule has 0 fully saturated rings. The Balaban J connectivity index is 1.98. The molecule has 0 aliphatic heterocycles. The standard InChI is InChI=1S/C18H18N6O2/c1-24(13-8-4-3-7-12(13)18(25)26-2)17-15(19)16(21-11-22-17)23-14-9-5-6-10-20-14/h3-11H,19H2,1-2H3,(H,20,21,22,23). The first-order chi connectivity index (χ1) is 12.6. The summed E-state index contributed by atoms with van der Waals surface area (Å²) in [6, 6.07) is 12.5. The molecule has 0 unspecified atom stereocenters. The van der Waals surface area contributed by atoms with Gasteiger partial charge in [-0.2, -0.15) is 0 Å². The van der Waals surface area contributed by atoms with Crippen LogP contribution in [0.2, 0.25) is 0 Å². The Morgan fingerprint density at radius 2 is 1.88 bits per heavy atom. The molecule has 0 amide bonds. The highest BCUT2D eigenvalue weighted by Gasteiger charge is 2.19. The summed E-state index contributed by atoms with van der Waals surface area (Å²) in [6.45, 7) is 0. The number of carbonyl (C=O) groups is 1. The molecule has 1 aromatic carbocycles. The van der Waals surface area contributed by atoms with E-state index in [1.807, 2.05) is 18.2 Å². The van der Waals surface area contributed by atoms with Crippen molar-refractivity contribution in [3.8, 4) is 0 Å². The summed E-state index contributed by atoms with van der Waals surface area (Å²) in [7, 11) is 3.11. The third kappa shape index (κ3) is 3.39. The quantitative estimate of drug-likeness (QED) is 0.677. The van der Waals surface area contributed by atoms with Crippen LogP contribution in [0, 0.1) is 0 Å². The average Bonchev–Trinajstić information content (AvgIpc) is 2.69. The van der Waals surface area contributed by atoms with Gasteiger partial charge in [-0.15, -0.1) is 0 Å². The van der Waals surface area contributed by atoms with E-state index < -0.39 is 5.97 Å². The number of nitrogens with zero attached hydrogens (tertiary/aromatic N) is 4. The molecule has 0 saturated carbocycles. The van der Waals surface area contributed by atoms with Crippen molar-refractivity contribution >= 4 is 34.8 Å². The van der Waals surface area contributed by atoms with E-state index in [2.05, 4.69) is 20.3 Å². The Labute approximate surface area is 150 Å². The number of esters is 1. The highest BCUT2D eigenvalue weighted by Crippen LogP contribution is 2.33. The van der Waals surface area contributed by atoms with E-state index in [0.717, 1.165) is 0 Å². The predicted octanol–water partition coefficient (Wildman–Crippen LogP) is 2.75. The normalized spacial score (nSPS) is 10.2. The van der Waals surface area contributed by atoms with E-state index in [1.54, 1.807) is 42.4 Å². The number of carbonyl (C=O) groups excluding carboxylic acids is 1. The zero-order chi connectivity index (χ0) is 18.5. The molecule has 0 spiro atoms. The Morgan fingerprint density at radius 3 is 2.62 bits per heavy atom. The summed E-state index contributed by atoms with van der Waals surface area (Å²) in [6.07, 6.45) is 3.06. The Hall–Kier alpha value is -3.68. The van der Waals surface area contributed by atoms with Gasteiger partial charge in [-0.3, -0.25) is 0 Å². The van der Waals surface area contributed by atoms with Crippen LogP contribution in [0.5, 0.6) is 0 Å². The van der Waals surface area contributed by atoms with Gasteiger partial charge in [0.25, 0.3) is 0 Å². The minimum absolute atomic E-state index is 0.334. The molecule has 3 N–H and O–H groups in total. The topological polar surface area (TPSA) is 106 Å². The van der Waals surface area contributed by atoms with Gasteiger partial charge in [-0.05, 0) is 24.3 Å². The second-order valence-electron chi connectivity index (χ2n) is 5.37. The number of nitrogens with two attached hydrogens (primary N) is 1. The predicted molar refractivity (Wildman–Crippen MR) is 99.8 cm³/mol. The van der Waals surface area contributed by atoms with E-state index in [0.29, 0.717) is 34.4 Å². The number of hydrogen-bond donors (Lipinski definition) is 2. The number of aromatic nitrogens is 3. The van der Waals surface area contributed by atoms with E-state index in [1.165, 1.54) is 13.4 Å². The third-order valence-electron chi connectivity index (χ3n) is 3.76. The smallest absolute Gasteiger partial charge is 0.339 e. The van der Waals surface area contributed by atoms with Crippen molar-refractivity contribution in [1.29, 1.82) is 0 Å². The Bertz CT molecular complexity index is 917. The number of nitrogens with one attached hydrogen (secondary N) is 1. The number of hydrogen-bond acceptors (Lipinski definition) is 8. The zero-order valence-corrected chi connectivity index (χ0v) is 14.4. The number of ether oxygens (including phenoxy) is 1. The number of nitrogen functional groups attached to an aromatic ring is 1. The van der Waals surface area contributed by atoms with E-state index >= 15 is 0 Å². The van der Waals surface area contributed by atoms with Gasteiger partial charge in [-0.25, -0.2) is 19.7 Å². The summed E-state index contributed by atoms with van der Waals surface area (Å²) in [5, 5.41) is 3.06. The molecule has 2 heterocycles. The largest absolute Gasteiger partial charge is 0.465 e. The maximum atomic E-state index is 12.0. The van der Waals surface area contributed by atoms with Crippen molar-refractivity contribution in [3.05, 3.63) is 60.6 Å². The molecule has 26 heavy (non-hydrogen) atoms. The first kappa shape index (κ1) is 17.2. The van der Waals surface area contributed by atoms with Crippen LogP contribution in [0.3, 0.4) is 0 Å². The molecular weight excluding hydrogens is 332 g/mol. The Morgan fingerprint density at radius 1 is 1.12 bits per heavy atom. The lowest BCUT2D eigenvalue weighted by Crippen LogP contribution is -2.18. The van der Waals surface area contributed by atoms with Gasteiger partial charge in [0.15, 0.2) is 11.6 Å². The number of pyridine rings is 1. The summed E-state index contributed by atoms with van der Waals surface area (Å²) in [5.74, 6) is 1.05. The zero-order valence-electron chi connectivity index (χ0n) is 14.4. The lowest BCUT2D eigenvalue weighted by molar-refractivity contribution is 0.0601. The fourth-order valence-electron chi connectivity index (χ4n) is 2.47. The number of anilines is 5. The van der Waals surface area contributed by atoms with Gasteiger partial charge < -0.3 is 20.7 Å². The fourth-order valence-corrected chi connectivity index (χ4v) is 2.47. The molecule has 0 bridgehead atoms. The summed E-state index contributed by atoms with van der Waals surface area (Å²) < 4.78 is 4.85. The van der Waals surface area contributed by atoms with Gasteiger partial charge >= 0.3 is 5.97 Å². The SMILES string of the molecule is COC(=O)c1ccccc1N(C)c1ncnc(Nc2ccccn2)c1N. The first-order valence-corrected chi connectivity index (χ1v) is 7.81. The van der Waals surface area contributed by atoms with Crippen molar-refractivity contribution in [2.75, 3.05) is 30.1 Å². The van der Waals surface area contributed by atoms with Gasteiger partial charge in [0.1, 0.15) is 17.8 Å². The summed E-state index contributed by atoms with van der Waals surface area (Å²) >= 11 is 0. The van der Waals surface area contributed by atoms with E-state index in [9.17, 15) is 4.79 Å². The molecule has 3 rings (SSSR count). The number of benzene rings is 1. The Kier molecular flexibility index (Phi) is 4.93. The van der Waals surface area contributed by atoms with E-state index in [-0.39, 0.29) is 0 Å². The van der Waals surface area contributed by atoms with Gasteiger partial charge in [0.05, 0.1) is 18.4 Å². The molecule has 8 heteroatoms. The molecular formula is C18H18N6O2. The third-order valence-corrected chi connectivity index (χ3v) is 3.76. The summed E-state index contributed by atoms with van der Waals surface area (Å²) in [5.41, 5.74) is 7.62. The highest BCUT2D eigenvalue weighted by molar-refractivity contribution is 5.97. The maximum absolute atomic E-state index is 12.0. The molecule has 132 valence electrons. The van der Waals surface area contributed by atoms with Crippen LogP contribution in [0.15, 0.2) is 55.0 Å². The molecule has 2 aromatic heterocycles. The van der Waals surface area contributed by atoms with Gasteiger partial charge in [0.2, 0.25) is 0 Å². The molecule has 0 saturated heterocycles. The van der Waals surface area contributed by atoms with Crippen molar-refractivity contribution in [1.82, 2.24) is 15.0 Å². The van der Waals surface area contributed by atoms with Crippen molar-refractivity contribution < 1.29 is 9.53 Å². The molecule has 8 nitrogen and oxygen atoms in total. The minimum Gasteiger partial charge on any atom is -0.465 e. The minimum atomic E-state index is -0.438. The van der Waals surface area contributed by atoms with Crippen LogP contribution in [0.1, 0.15) is 10.4 Å². The van der Waals surface area contributed by atoms with Crippen molar-refractivity contribution in [2.24, 2.45) is 0 Å². The van der Waals surface area contributed by atoms with Crippen LogP contribution in [-0.2, 0) is 4.74 Å². The molecule has 0 aliphatic carbocycles. The van der Waals surface area contributed by atoms with Crippen LogP contribution >= 0.6 is 0 Å². The van der Waals surface area contributed by atoms with Crippen molar-refractivity contribution in [3.63, 3.8) is 0 Å². The summed E-state index contributed by atoms with van der Waals surface area (Å²) in [4.78, 5) is 26.4. The molecule has 0 aliphatic rings. The highest BCUT2D eigenvalue weighted by atomic mass is 16.5. The first-order valence-electron chi connectivity index (χ1n) is 7.81. The second kappa shape index (κ2) is 7.47. The second-order valence-corrected chi connectivity index (χ2v) is 5.37. The number of para-hydroxylation sites is 1. The monoisotopic (exact) mass is 350 g/mol.